The van der Waals surface area contributed by atoms with Gasteiger partial charge in [-0.15, -0.1) is 0 Å². The fraction of sp³-hybridized carbons (Fsp3) is 0.562. The zero-order valence-corrected chi connectivity index (χ0v) is 12.0. The van der Waals surface area contributed by atoms with Gasteiger partial charge in [-0.05, 0) is 29.5 Å². The van der Waals surface area contributed by atoms with E-state index in [0.717, 1.165) is 6.54 Å². The molecule has 0 amide bonds. The highest BCUT2D eigenvalue weighted by atomic mass is 16.5. The highest BCUT2D eigenvalue weighted by Gasteiger charge is 2.38. The van der Waals surface area contributed by atoms with Crippen molar-refractivity contribution in [2.45, 2.75) is 33.2 Å². The normalized spacial score (nSPS) is 17.0. The molecule has 0 bridgehead atoms. The maximum atomic E-state index is 9.14. The Hall–Kier alpha value is -1.37. The van der Waals surface area contributed by atoms with Crippen molar-refractivity contribution in [1.82, 2.24) is 5.32 Å². The minimum Gasteiger partial charge on any atom is -0.378 e. The van der Waals surface area contributed by atoms with Gasteiger partial charge < -0.3 is 10.1 Å². The Balaban J connectivity index is 1.96. The smallest absolute Gasteiger partial charge is 0.116 e. The van der Waals surface area contributed by atoms with Crippen molar-refractivity contribution in [3.8, 4) is 6.07 Å². The first kappa shape index (κ1) is 14.0. The molecule has 19 heavy (non-hydrogen) atoms. The van der Waals surface area contributed by atoms with E-state index in [1.165, 1.54) is 16.7 Å². The van der Waals surface area contributed by atoms with E-state index in [1.807, 2.05) is 0 Å². The highest BCUT2D eigenvalue weighted by Crippen LogP contribution is 2.25. The third-order valence-corrected chi connectivity index (χ3v) is 3.81. The predicted octanol–water partition coefficient (Wildman–Crippen LogP) is 2.75. The van der Waals surface area contributed by atoms with Crippen molar-refractivity contribution in [2.24, 2.45) is 5.41 Å². The Morgan fingerprint density at radius 3 is 2.68 bits per heavy atom. The van der Waals surface area contributed by atoms with E-state index in [9.17, 15) is 0 Å². The molecule has 2 rings (SSSR count). The van der Waals surface area contributed by atoms with Gasteiger partial charge in [0, 0.05) is 13.1 Å². The molecule has 0 radical (unpaired) electrons. The van der Waals surface area contributed by atoms with Crippen LogP contribution in [0.3, 0.4) is 0 Å². The van der Waals surface area contributed by atoms with Crippen LogP contribution in [0, 0.1) is 23.7 Å². The van der Waals surface area contributed by atoms with E-state index in [4.69, 9.17) is 10.00 Å². The molecule has 1 aromatic rings. The van der Waals surface area contributed by atoms with Gasteiger partial charge in [0.2, 0.25) is 0 Å². The van der Waals surface area contributed by atoms with Gasteiger partial charge in [0.1, 0.15) is 5.41 Å². The molecule has 1 aliphatic rings. The van der Waals surface area contributed by atoms with Crippen molar-refractivity contribution in [3.63, 3.8) is 0 Å². The van der Waals surface area contributed by atoms with Gasteiger partial charge in [0.25, 0.3) is 0 Å². The maximum absolute atomic E-state index is 9.14. The molecule has 0 aliphatic carbocycles. The minimum atomic E-state index is -0.302. The number of hydrogen-bond acceptors (Lipinski definition) is 3. The van der Waals surface area contributed by atoms with Crippen LogP contribution in [-0.2, 0) is 11.3 Å². The molecule has 1 saturated heterocycles. The number of nitrogens with zero attached hydrogens (tertiary/aromatic N) is 1. The average molecular weight is 258 g/mol. The monoisotopic (exact) mass is 258 g/mol. The zero-order valence-electron chi connectivity index (χ0n) is 12.0. The Bertz CT molecular complexity index is 484. The molecule has 3 nitrogen and oxygen atoms in total. The molecule has 0 saturated carbocycles. The largest absolute Gasteiger partial charge is 0.378 e. The summed E-state index contributed by atoms with van der Waals surface area (Å²) in [6.45, 7) is 9.18. The maximum Gasteiger partial charge on any atom is 0.116 e. The van der Waals surface area contributed by atoms with Gasteiger partial charge in [-0.1, -0.05) is 32.0 Å². The van der Waals surface area contributed by atoms with Crippen LogP contribution >= 0.6 is 0 Å². The van der Waals surface area contributed by atoms with Crippen LogP contribution in [0.4, 0.5) is 0 Å². The first-order valence-electron chi connectivity index (χ1n) is 6.85. The lowest BCUT2D eigenvalue weighted by Gasteiger charge is -2.35. The quantitative estimate of drug-likeness (QED) is 0.883. The summed E-state index contributed by atoms with van der Waals surface area (Å²) in [4.78, 5) is 0. The Kier molecular flexibility index (Phi) is 4.24. The number of nitrogens with one attached hydrogen (secondary N) is 1. The topological polar surface area (TPSA) is 45.0 Å². The number of benzene rings is 1. The molecule has 0 aromatic heterocycles. The summed E-state index contributed by atoms with van der Waals surface area (Å²) in [5, 5.41) is 12.5. The zero-order chi connectivity index (χ0) is 13.9. The predicted molar refractivity (Wildman–Crippen MR) is 75.8 cm³/mol. The van der Waals surface area contributed by atoms with Crippen molar-refractivity contribution in [1.29, 1.82) is 5.26 Å². The van der Waals surface area contributed by atoms with E-state index >= 15 is 0 Å². The van der Waals surface area contributed by atoms with Crippen LogP contribution in [0.1, 0.15) is 36.5 Å². The van der Waals surface area contributed by atoms with Gasteiger partial charge >= 0.3 is 0 Å². The summed E-state index contributed by atoms with van der Waals surface area (Å²) < 4.78 is 5.14. The third kappa shape index (κ3) is 3.15. The molecule has 1 N–H and O–H groups in total. The lowest BCUT2D eigenvalue weighted by molar-refractivity contribution is -0.0755. The number of aryl methyl sites for hydroxylation is 1. The summed E-state index contributed by atoms with van der Waals surface area (Å²) in [7, 11) is 0. The van der Waals surface area contributed by atoms with Crippen molar-refractivity contribution >= 4 is 0 Å². The van der Waals surface area contributed by atoms with Crippen molar-refractivity contribution in [3.05, 3.63) is 34.9 Å². The average Bonchev–Trinajstić information content (AvgIpc) is 2.34. The van der Waals surface area contributed by atoms with Gasteiger partial charge in [0.15, 0.2) is 0 Å². The minimum absolute atomic E-state index is 0.302. The van der Waals surface area contributed by atoms with Crippen LogP contribution in [0.25, 0.3) is 0 Å². The van der Waals surface area contributed by atoms with Crippen molar-refractivity contribution < 1.29 is 4.74 Å². The standard InChI is InChI=1S/C16H22N2O/c1-12(2)14-5-4-13(3)15(6-14)7-18-9-16(8-17)10-19-11-16/h4-6,12,18H,7,9-11H2,1-3H3. The molecule has 0 unspecified atom stereocenters. The SMILES string of the molecule is Cc1ccc(C(C)C)cc1CNCC1(C#N)COC1. The third-order valence-electron chi connectivity index (χ3n) is 3.81. The lowest BCUT2D eigenvalue weighted by atomic mass is 9.88. The van der Waals surface area contributed by atoms with Crippen LogP contribution < -0.4 is 5.32 Å². The van der Waals surface area contributed by atoms with E-state index in [2.05, 4.69) is 50.4 Å². The summed E-state index contributed by atoms with van der Waals surface area (Å²) in [6.07, 6.45) is 0. The molecule has 0 spiro atoms. The molecule has 1 fully saturated rings. The first-order chi connectivity index (χ1) is 9.06. The van der Waals surface area contributed by atoms with Crippen LogP contribution in [0.2, 0.25) is 0 Å². The van der Waals surface area contributed by atoms with Crippen LogP contribution in [-0.4, -0.2) is 19.8 Å². The van der Waals surface area contributed by atoms with Gasteiger partial charge in [-0.3, -0.25) is 0 Å². The Morgan fingerprint density at radius 1 is 1.42 bits per heavy atom. The van der Waals surface area contributed by atoms with Crippen LogP contribution in [0.5, 0.6) is 0 Å². The Morgan fingerprint density at radius 2 is 2.16 bits per heavy atom. The second-order valence-corrected chi connectivity index (χ2v) is 5.83. The summed E-state index contributed by atoms with van der Waals surface area (Å²) in [6, 6.07) is 9.00. The number of nitriles is 1. The second kappa shape index (κ2) is 5.73. The summed E-state index contributed by atoms with van der Waals surface area (Å²) in [5.41, 5.74) is 3.68. The molecule has 102 valence electrons. The number of rotatable bonds is 5. The van der Waals surface area contributed by atoms with E-state index in [-0.39, 0.29) is 5.41 Å². The number of ether oxygens (including phenoxy) is 1. The highest BCUT2D eigenvalue weighted by molar-refractivity contribution is 5.32. The van der Waals surface area contributed by atoms with Crippen LogP contribution in [0.15, 0.2) is 18.2 Å². The molecule has 1 aliphatic heterocycles. The van der Waals surface area contributed by atoms with E-state index < -0.39 is 0 Å². The molecule has 3 heteroatoms. The molecular weight excluding hydrogens is 236 g/mol. The fourth-order valence-corrected chi connectivity index (χ4v) is 2.23. The second-order valence-electron chi connectivity index (χ2n) is 5.83. The van der Waals surface area contributed by atoms with Gasteiger partial charge in [-0.2, -0.15) is 5.26 Å². The molecule has 1 aromatic carbocycles. The number of hydrogen-bond donors (Lipinski definition) is 1. The van der Waals surface area contributed by atoms with E-state index in [0.29, 0.717) is 25.7 Å². The molecular formula is C16H22N2O. The summed E-state index contributed by atoms with van der Waals surface area (Å²) >= 11 is 0. The molecule has 0 atom stereocenters. The van der Waals surface area contributed by atoms with E-state index in [1.54, 1.807) is 0 Å². The fourth-order valence-electron chi connectivity index (χ4n) is 2.23. The lowest BCUT2D eigenvalue weighted by Crippen LogP contribution is -2.48. The Labute approximate surface area is 115 Å². The molecule has 1 heterocycles. The van der Waals surface area contributed by atoms with Gasteiger partial charge in [0.05, 0.1) is 19.3 Å². The van der Waals surface area contributed by atoms with Crippen molar-refractivity contribution in [2.75, 3.05) is 19.8 Å². The summed E-state index contributed by atoms with van der Waals surface area (Å²) in [5.74, 6) is 0.546. The van der Waals surface area contributed by atoms with Gasteiger partial charge in [-0.25, -0.2) is 0 Å². The first-order valence-corrected chi connectivity index (χ1v) is 6.85.